The Kier molecular flexibility index (Phi) is 5.40. The van der Waals surface area contributed by atoms with E-state index in [4.69, 9.17) is 16.4 Å². The molecule has 2 aliphatic heterocycles. The van der Waals surface area contributed by atoms with Crippen LogP contribution >= 0.6 is 22.9 Å². The third-order valence-electron chi connectivity index (χ3n) is 4.47. The second-order valence-electron chi connectivity index (χ2n) is 6.46. The van der Waals surface area contributed by atoms with E-state index in [1.165, 1.54) is 17.8 Å². The van der Waals surface area contributed by atoms with Crippen molar-refractivity contribution in [1.82, 2.24) is 10.3 Å². The maximum absolute atomic E-state index is 12.1. The van der Waals surface area contributed by atoms with Crippen LogP contribution in [0.25, 0.3) is 0 Å². The zero-order chi connectivity index (χ0) is 18.6. The summed E-state index contributed by atoms with van der Waals surface area (Å²) in [7, 11) is 0. The average molecular weight is 403 g/mol. The number of carbonyl (C=O) groups excluding carboxylic acids is 1. The van der Waals surface area contributed by atoms with Gasteiger partial charge in [0.05, 0.1) is 27.7 Å². The minimum absolute atomic E-state index is 0.144. The van der Waals surface area contributed by atoms with Crippen LogP contribution in [-0.4, -0.2) is 48.6 Å². The fraction of sp³-hybridized carbons (Fsp3) is 0.316. The minimum Gasteiger partial charge on any atom is -0.390 e. The first-order valence-corrected chi connectivity index (χ1v) is 10.0. The summed E-state index contributed by atoms with van der Waals surface area (Å²) in [5.41, 5.74) is 2.97. The van der Waals surface area contributed by atoms with Crippen molar-refractivity contribution in [3.05, 3.63) is 56.7 Å². The van der Waals surface area contributed by atoms with Gasteiger partial charge in [-0.05, 0) is 29.7 Å². The molecule has 1 atom stereocenters. The number of carbonyl (C=O) groups is 1. The predicted octanol–water partition coefficient (Wildman–Crippen LogP) is 3.36. The van der Waals surface area contributed by atoms with Crippen molar-refractivity contribution in [2.75, 3.05) is 19.6 Å². The van der Waals surface area contributed by atoms with Gasteiger partial charge >= 0.3 is 0 Å². The molecule has 4 rings (SSSR count). The Balaban J connectivity index is 1.27. The van der Waals surface area contributed by atoms with Crippen LogP contribution in [0.4, 0.5) is 0 Å². The van der Waals surface area contributed by atoms with Crippen LogP contribution in [-0.2, 0) is 4.84 Å². The Morgan fingerprint density at radius 2 is 2.15 bits per heavy atom. The van der Waals surface area contributed by atoms with Crippen molar-refractivity contribution in [2.45, 2.75) is 18.9 Å². The van der Waals surface area contributed by atoms with Crippen LogP contribution < -0.4 is 5.32 Å². The molecule has 0 saturated carbocycles. The molecule has 0 bridgehead atoms. The lowest BCUT2D eigenvalue weighted by Gasteiger charge is -2.27. The molecule has 3 heterocycles. The van der Waals surface area contributed by atoms with Gasteiger partial charge in [0.2, 0.25) is 0 Å². The summed E-state index contributed by atoms with van der Waals surface area (Å²) in [5, 5.41) is 13.5. The molecule has 0 aliphatic carbocycles. The number of benzene rings is 1. The standard InChI is InChI=1S/C19H19ClN4O2S/c20-18-7-6-17(27-18)19(25)21-12-15-10-16(23-26-15)14-4-2-13(3-5-14)11-22-24-8-1-9-24/h2-7,11,15H,1,8-10,12H2,(H,21,25). The summed E-state index contributed by atoms with van der Waals surface area (Å²) in [6.45, 7) is 2.49. The maximum atomic E-state index is 12.1. The summed E-state index contributed by atoms with van der Waals surface area (Å²) in [6.07, 6.45) is 3.60. The van der Waals surface area contributed by atoms with Gasteiger partial charge in [-0.3, -0.25) is 9.80 Å². The molecule has 1 aromatic heterocycles. The van der Waals surface area contributed by atoms with Gasteiger partial charge in [-0.2, -0.15) is 5.10 Å². The molecule has 27 heavy (non-hydrogen) atoms. The number of oxime groups is 1. The largest absolute Gasteiger partial charge is 0.390 e. The lowest BCUT2D eigenvalue weighted by atomic mass is 10.0. The van der Waals surface area contributed by atoms with Crippen molar-refractivity contribution < 1.29 is 9.63 Å². The van der Waals surface area contributed by atoms with Gasteiger partial charge in [0.1, 0.15) is 6.10 Å². The average Bonchev–Trinajstić information content (AvgIpc) is 3.28. The number of halogens is 1. The lowest BCUT2D eigenvalue weighted by molar-refractivity contribution is 0.0755. The number of amides is 1. The highest BCUT2D eigenvalue weighted by atomic mass is 35.5. The van der Waals surface area contributed by atoms with Gasteiger partial charge in [-0.25, -0.2) is 0 Å². The number of hydrazone groups is 1. The highest BCUT2D eigenvalue weighted by Crippen LogP contribution is 2.21. The molecule has 1 fully saturated rings. The third-order valence-corrected chi connectivity index (χ3v) is 5.70. The lowest BCUT2D eigenvalue weighted by Crippen LogP contribution is -2.32. The molecule has 0 radical (unpaired) electrons. The molecule has 1 unspecified atom stereocenters. The van der Waals surface area contributed by atoms with Crippen molar-refractivity contribution in [1.29, 1.82) is 0 Å². The van der Waals surface area contributed by atoms with Gasteiger partial charge in [0.15, 0.2) is 0 Å². The number of rotatable bonds is 6. The number of hydrogen-bond acceptors (Lipinski definition) is 6. The number of nitrogens with one attached hydrogen (secondary N) is 1. The molecular formula is C19H19ClN4O2S. The Hall–Kier alpha value is -2.38. The predicted molar refractivity (Wildman–Crippen MR) is 108 cm³/mol. The summed E-state index contributed by atoms with van der Waals surface area (Å²) in [6, 6.07) is 11.5. The SMILES string of the molecule is O=C(NCC1CC(c2ccc(C=NN3CCC3)cc2)=NO1)c1ccc(Cl)s1. The Morgan fingerprint density at radius 3 is 2.81 bits per heavy atom. The van der Waals surface area contributed by atoms with Gasteiger partial charge in [-0.1, -0.05) is 41.0 Å². The van der Waals surface area contributed by atoms with Crippen LogP contribution in [0.3, 0.4) is 0 Å². The Morgan fingerprint density at radius 1 is 1.33 bits per heavy atom. The van der Waals surface area contributed by atoms with E-state index in [-0.39, 0.29) is 12.0 Å². The van der Waals surface area contributed by atoms with E-state index in [0.717, 1.165) is 29.9 Å². The summed E-state index contributed by atoms with van der Waals surface area (Å²) >= 11 is 7.12. The van der Waals surface area contributed by atoms with Crippen LogP contribution in [0.2, 0.25) is 4.34 Å². The quantitative estimate of drug-likeness (QED) is 0.753. The van der Waals surface area contributed by atoms with Crippen molar-refractivity contribution in [3.8, 4) is 0 Å². The minimum atomic E-state index is -0.160. The van der Waals surface area contributed by atoms with Crippen LogP contribution in [0.15, 0.2) is 46.7 Å². The van der Waals surface area contributed by atoms with Crippen LogP contribution in [0.5, 0.6) is 0 Å². The maximum Gasteiger partial charge on any atom is 0.261 e. The van der Waals surface area contributed by atoms with Crippen LogP contribution in [0, 0.1) is 0 Å². The molecule has 2 aliphatic rings. The van der Waals surface area contributed by atoms with Crippen molar-refractivity contribution in [2.24, 2.45) is 10.3 Å². The molecule has 1 saturated heterocycles. The fourth-order valence-electron chi connectivity index (χ4n) is 2.76. The molecule has 1 amide bonds. The van der Waals surface area contributed by atoms with E-state index < -0.39 is 0 Å². The van der Waals surface area contributed by atoms with Crippen molar-refractivity contribution >= 4 is 40.8 Å². The normalized spacial score (nSPS) is 18.9. The summed E-state index contributed by atoms with van der Waals surface area (Å²) in [5.74, 6) is -0.144. The Bertz CT molecular complexity index is 874. The van der Waals surface area contributed by atoms with E-state index in [1.54, 1.807) is 12.1 Å². The molecule has 6 nitrogen and oxygen atoms in total. The van der Waals surface area contributed by atoms with E-state index in [9.17, 15) is 4.79 Å². The van der Waals surface area contributed by atoms with Crippen molar-refractivity contribution in [3.63, 3.8) is 0 Å². The zero-order valence-corrected chi connectivity index (χ0v) is 16.2. The Labute approximate surface area is 166 Å². The van der Waals surface area contributed by atoms with Gasteiger partial charge in [0.25, 0.3) is 5.91 Å². The topological polar surface area (TPSA) is 66.3 Å². The molecule has 140 valence electrons. The first-order chi connectivity index (χ1) is 13.2. The van der Waals surface area contributed by atoms with E-state index in [0.29, 0.717) is 22.2 Å². The molecular weight excluding hydrogens is 384 g/mol. The first-order valence-electron chi connectivity index (χ1n) is 8.83. The smallest absolute Gasteiger partial charge is 0.261 e. The summed E-state index contributed by atoms with van der Waals surface area (Å²) in [4.78, 5) is 18.1. The van der Waals surface area contributed by atoms with Gasteiger partial charge in [-0.15, -0.1) is 11.3 Å². The zero-order valence-electron chi connectivity index (χ0n) is 14.6. The van der Waals surface area contributed by atoms with E-state index in [2.05, 4.69) is 15.6 Å². The van der Waals surface area contributed by atoms with E-state index in [1.807, 2.05) is 35.5 Å². The van der Waals surface area contributed by atoms with Crippen LogP contribution in [0.1, 0.15) is 33.6 Å². The summed E-state index contributed by atoms with van der Waals surface area (Å²) < 4.78 is 0.598. The second-order valence-corrected chi connectivity index (χ2v) is 8.17. The van der Waals surface area contributed by atoms with Gasteiger partial charge < -0.3 is 10.2 Å². The fourth-order valence-corrected chi connectivity index (χ4v) is 3.72. The highest BCUT2D eigenvalue weighted by molar-refractivity contribution is 7.17. The number of thiophene rings is 1. The van der Waals surface area contributed by atoms with E-state index >= 15 is 0 Å². The third kappa shape index (κ3) is 4.48. The molecule has 0 spiro atoms. The monoisotopic (exact) mass is 402 g/mol. The molecule has 8 heteroatoms. The first kappa shape index (κ1) is 18.0. The molecule has 2 aromatic rings. The number of nitrogens with zero attached hydrogens (tertiary/aromatic N) is 3. The van der Waals surface area contributed by atoms with Gasteiger partial charge in [0, 0.05) is 19.5 Å². The molecule has 1 aromatic carbocycles. The highest BCUT2D eigenvalue weighted by Gasteiger charge is 2.23. The molecule has 1 N–H and O–H groups in total. The number of hydrogen-bond donors (Lipinski definition) is 1. The second kappa shape index (κ2) is 8.10.